The van der Waals surface area contributed by atoms with Crippen molar-refractivity contribution in [3.8, 4) is 0 Å². The first-order valence-corrected chi connectivity index (χ1v) is 3.42. The van der Waals surface area contributed by atoms with Crippen LogP contribution in [-0.2, 0) is 0 Å². The number of halogens is 6. The summed E-state index contributed by atoms with van der Waals surface area (Å²) in [4.78, 5) is 0.874. The average molecular weight is 305 g/mol. The molecule has 0 aliphatic rings. The predicted molar refractivity (Wildman–Crippen MR) is 57.3 cm³/mol. The third kappa shape index (κ3) is 11.9. The minimum absolute atomic E-state index is 0. The maximum atomic E-state index is 4.87. The predicted octanol–water partition coefficient (Wildman–Crippen LogP) is 4.04. The number of hydrogen-bond donors (Lipinski definition) is 0. The molecule has 13 heavy (non-hydrogen) atoms. The van der Waals surface area contributed by atoms with Crippen molar-refractivity contribution in [3.63, 3.8) is 0 Å². The van der Waals surface area contributed by atoms with Gasteiger partial charge < -0.3 is 0 Å². The van der Waals surface area contributed by atoms with E-state index in [0.717, 1.165) is 9.37 Å². The molecule has 0 heterocycles. The lowest BCUT2D eigenvalue weighted by molar-refractivity contribution is 1.11. The Kier molecular flexibility index (Phi) is 32.5. The monoisotopic (exact) mass is 303 g/mol. The second-order valence-corrected chi connectivity index (χ2v) is 2.84. The Morgan fingerprint density at radius 2 is 1.46 bits per heavy atom. The van der Waals surface area contributed by atoms with Gasteiger partial charge >= 0.3 is 0 Å². The van der Waals surface area contributed by atoms with Gasteiger partial charge in [-0.15, -0.1) is 12.4 Å². The molecular weight excluding hydrogens is 295 g/mol. The van der Waals surface area contributed by atoms with Crippen LogP contribution in [0.1, 0.15) is 0 Å². The molecule has 1 aromatic carbocycles. The van der Waals surface area contributed by atoms with Crippen LogP contribution in [0.5, 0.6) is 0 Å². The van der Waals surface area contributed by atoms with Gasteiger partial charge in [0.2, 0.25) is 0 Å². The van der Waals surface area contributed by atoms with Gasteiger partial charge in [0, 0.05) is 9.37 Å². The van der Waals surface area contributed by atoms with Crippen LogP contribution in [0.25, 0.3) is 0 Å². The van der Waals surface area contributed by atoms with E-state index in [1.54, 1.807) is 0 Å². The van der Waals surface area contributed by atoms with E-state index < -0.39 is 0 Å². The molecule has 1 aromatic rings. The van der Waals surface area contributed by atoms with Crippen molar-refractivity contribution < 1.29 is 18.8 Å². The fraction of sp³-hybridized carbons (Fsp3) is 0. The summed E-state index contributed by atoms with van der Waals surface area (Å²) in [6, 6.07) is 7.66. The van der Waals surface area contributed by atoms with E-state index in [-0.39, 0.29) is 31.2 Å². The molecule has 0 fully saturated rings. The molecule has 0 amide bonds. The highest BCUT2D eigenvalue weighted by Gasteiger charge is 1.84. The van der Waals surface area contributed by atoms with Gasteiger partial charge in [-0.05, 0) is 18.2 Å². The minimum atomic E-state index is 0. The summed E-state index contributed by atoms with van der Waals surface area (Å²) in [5, 5.41) is 0. The smallest absolute Gasteiger partial charge is 0.0388 e. The van der Waals surface area contributed by atoms with Gasteiger partial charge in [0.1, 0.15) is 0 Å². The maximum Gasteiger partial charge on any atom is 0.0388 e. The first-order chi connectivity index (χ1) is 3.79. The highest BCUT2D eigenvalue weighted by Crippen LogP contribution is 2.13. The molecule has 0 nitrogen and oxygen atoms in total. The molecule has 7 heteroatoms. The van der Waals surface area contributed by atoms with Gasteiger partial charge in [-0.1, -0.05) is 34.6 Å². The lowest BCUT2D eigenvalue weighted by atomic mass is 10.4. The summed E-state index contributed by atoms with van der Waals surface area (Å²) in [6.45, 7) is 0. The summed E-state index contributed by atoms with van der Waals surface area (Å²) in [7, 11) is 0. The van der Waals surface area contributed by atoms with Crippen molar-refractivity contribution in [2.45, 2.75) is 4.90 Å². The fourth-order valence-corrected chi connectivity index (χ4v) is 1.22. The molecule has 0 aromatic heterocycles. The van der Waals surface area contributed by atoms with Gasteiger partial charge in [0.25, 0.3) is 0 Å². The van der Waals surface area contributed by atoms with Gasteiger partial charge in [0.15, 0.2) is 0 Å². The summed E-state index contributed by atoms with van der Waals surface area (Å²) in [5.41, 5.74) is 0. The molecule has 81 valence electrons. The van der Waals surface area contributed by atoms with Crippen LogP contribution in [0.4, 0.5) is 18.8 Å². The Morgan fingerprint density at radius 1 is 1.00 bits per heavy atom. The van der Waals surface area contributed by atoms with E-state index in [4.69, 9.17) is 12.6 Å². The summed E-state index contributed by atoms with van der Waals surface area (Å²) < 4.78 is 1.05. The third-order valence-electron chi connectivity index (χ3n) is 0.796. The first-order valence-electron chi connectivity index (χ1n) is 2.21. The lowest BCUT2D eigenvalue weighted by Gasteiger charge is -1.87. The third-order valence-corrected chi connectivity index (χ3v) is 1.54. The Hall–Kier alpha value is -0.0700. The van der Waals surface area contributed by atoms with Crippen LogP contribution < -0.4 is 0 Å². The van der Waals surface area contributed by atoms with Gasteiger partial charge in [-0.3, -0.25) is 18.8 Å². The molecule has 0 unspecified atom stereocenters. The molecular formula is C6H9BrClF4S. The van der Waals surface area contributed by atoms with Crippen molar-refractivity contribution in [3.05, 3.63) is 28.7 Å². The second kappa shape index (κ2) is 14.5. The van der Waals surface area contributed by atoms with Crippen LogP contribution in [0.15, 0.2) is 33.6 Å². The highest BCUT2D eigenvalue weighted by molar-refractivity contribution is 9.10. The molecule has 0 atom stereocenters. The zero-order valence-corrected chi connectivity index (χ0v) is 9.36. The molecule has 0 saturated carbocycles. The second-order valence-electron chi connectivity index (χ2n) is 1.46. The Morgan fingerprint density at radius 3 is 1.69 bits per heavy atom. The number of hydrogen-bond acceptors (Lipinski definition) is 0. The molecule has 0 saturated heterocycles. The standard InChI is InChI=1S/C6H4BrS.ClH.4FH/c7-5-2-1-3-6(8)4-5;;;;;/h1-4H;5*1H. The molecule has 0 aliphatic heterocycles. The lowest BCUT2D eigenvalue weighted by Crippen LogP contribution is -1.62. The van der Waals surface area contributed by atoms with E-state index in [1.807, 2.05) is 24.3 Å². The van der Waals surface area contributed by atoms with E-state index in [0.29, 0.717) is 0 Å². The molecule has 0 bridgehead atoms. The average Bonchev–Trinajstić information content (AvgIpc) is 1.64. The van der Waals surface area contributed by atoms with Crippen LogP contribution in [0.3, 0.4) is 0 Å². The van der Waals surface area contributed by atoms with Gasteiger partial charge in [-0.2, -0.15) is 0 Å². The van der Waals surface area contributed by atoms with Crippen molar-refractivity contribution in [2.75, 3.05) is 0 Å². The van der Waals surface area contributed by atoms with E-state index >= 15 is 0 Å². The molecule has 0 N–H and O–H groups in total. The Labute approximate surface area is 93.5 Å². The Bertz CT molecular complexity index is 184. The van der Waals surface area contributed by atoms with Crippen LogP contribution >= 0.6 is 41.0 Å². The van der Waals surface area contributed by atoms with E-state index in [2.05, 4.69) is 15.9 Å². The van der Waals surface area contributed by atoms with Gasteiger partial charge in [-0.25, -0.2) is 0 Å². The highest BCUT2D eigenvalue weighted by atomic mass is 79.9. The van der Waals surface area contributed by atoms with Crippen molar-refractivity contribution in [1.82, 2.24) is 0 Å². The maximum absolute atomic E-state index is 4.87. The topological polar surface area (TPSA) is 0 Å². The Balaban J connectivity index is -0.0000000427. The molecule has 0 spiro atoms. The first kappa shape index (κ1) is 29.3. The summed E-state index contributed by atoms with van der Waals surface area (Å²) >= 11 is 8.16. The SMILES string of the molecule is Cl.F.F.F.F.[S]c1cccc(Br)c1. The van der Waals surface area contributed by atoms with Gasteiger partial charge in [0.05, 0.1) is 0 Å². The van der Waals surface area contributed by atoms with Crippen molar-refractivity contribution >= 4 is 41.0 Å². The van der Waals surface area contributed by atoms with Crippen LogP contribution in [-0.4, -0.2) is 0 Å². The molecule has 1 rings (SSSR count). The van der Waals surface area contributed by atoms with Crippen molar-refractivity contribution in [1.29, 1.82) is 0 Å². The number of benzene rings is 1. The summed E-state index contributed by atoms with van der Waals surface area (Å²) in [6.07, 6.45) is 0. The normalized spacial score (nSPS) is 5.62. The number of rotatable bonds is 0. The van der Waals surface area contributed by atoms with Crippen molar-refractivity contribution in [2.24, 2.45) is 0 Å². The fourth-order valence-electron chi connectivity index (χ4n) is 0.467. The summed E-state index contributed by atoms with van der Waals surface area (Å²) in [5.74, 6) is 0. The van der Waals surface area contributed by atoms with Crippen LogP contribution in [0.2, 0.25) is 0 Å². The minimum Gasteiger partial charge on any atom is -0.269 e. The molecule has 0 aliphatic carbocycles. The van der Waals surface area contributed by atoms with Crippen LogP contribution in [0, 0.1) is 0 Å². The van der Waals surface area contributed by atoms with E-state index in [1.165, 1.54) is 0 Å². The zero-order chi connectivity index (χ0) is 5.98. The largest absolute Gasteiger partial charge is 0.269 e. The van der Waals surface area contributed by atoms with E-state index in [9.17, 15) is 0 Å². The molecule has 1 radical (unpaired) electrons. The quantitative estimate of drug-likeness (QED) is 0.635. The zero-order valence-electron chi connectivity index (χ0n) is 6.14.